The summed E-state index contributed by atoms with van der Waals surface area (Å²) in [6.45, 7) is 8.65. The monoisotopic (exact) mass is 437 g/mol. The number of aryl methyl sites for hydroxylation is 1. The molecule has 0 aromatic heterocycles. The van der Waals surface area contributed by atoms with E-state index in [9.17, 15) is 4.79 Å². The molecule has 1 amide bonds. The molecule has 2 aromatic carbocycles. The van der Waals surface area contributed by atoms with Crippen LogP contribution in [-0.2, 0) is 4.79 Å². The molecule has 1 N–H and O–H groups in total. The summed E-state index contributed by atoms with van der Waals surface area (Å²) in [7, 11) is 2.12. The first-order valence-corrected chi connectivity index (χ1v) is 11.0. The number of thioether (sulfide) groups is 1. The number of hydrogen-bond donors (Lipinski definition) is 1. The highest BCUT2D eigenvalue weighted by Crippen LogP contribution is 2.40. The van der Waals surface area contributed by atoms with Crippen molar-refractivity contribution in [3.8, 4) is 0 Å². The molecule has 1 fully saturated rings. The molecule has 1 saturated heterocycles. The molecule has 6 heteroatoms. The zero-order valence-corrected chi connectivity index (χ0v) is 19.3. The van der Waals surface area contributed by atoms with Crippen LogP contribution in [0.3, 0.4) is 0 Å². The summed E-state index contributed by atoms with van der Waals surface area (Å²) in [4.78, 5) is 19.9. The van der Waals surface area contributed by atoms with E-state index in [-0.39, 0.29) is 11.4 Å². The molecule has 2 aromatic rings. The molecular weight excluding hydrogens is 414 g/mol. The number of aliphatic imine (C=N–C) groups is 1. The lowest BCUT2D eigenvalue weighted by Gasteiger charge is -2.41. The first kappa shape index (κ1) is 20.8. The minimum absolute atomic E-state index is 0.0314. The van der Waals surface area contributed by atoms with Crippen molar-refractivity contribution < 1.29 is 4.79 Å². The SMILES string of the molecule is CC1=CC(C)(C)N(C)c2cc(C)c(/C=C3\SC(=Nc4cccc(Cl)c4)NC3=O)cc21. The maximum absolute atomic E-state index is 12.5. The number of fused-ring (bicyclic) bond motifs is 1. The van der Waals surface area contributed by atoms with E-state index in [0.717, 1.165) is 11.1 Å². The quantitative estimate of drug-likeness (QED) is 0.571. The number of amidine groups is 1. The zero-order valence-electron chi connectivity index (χ0n) is 17.7. The molecule has 0 radical (unpaired) electrons. The van der Waals surface area contributed by atoms with Crippen molar-refractivity contribution in [1.29, 1.82) is 0 Å². The summed E-state index contributed by atoms with van der Waals surface area (Å²) in [5.41, 5.74) is 6.51. The number of allylic oxidation sites excluding steroid dienone is 1. The molecule has 0 atom stereocenters. The van der Waals surface area contributed by atoms with Crippen molar-refractivity contribution in [3.05, 3.63) is 69.1 Å². The van der Waals surface area contributed by atoms with Gasteiger partial charge >= 0.3 is 0 Å². The Morgan fingerprint density at radius 3 is 2.70 bits per heavy atom. The number of nitrogens with one attached hydrogen (secondary N) is 1. The average molecular weight is 438 g/mol. The van der Waals surface area contributed by atoms with E-state index in [1.54, 1.807) is 12.1 Å². The van der Waals surface area contributed by atoms with Gasteiger partial charge in [0.15, 0.2) is 5.17 Å². The summed E-state index contributed by atoms with van der Waals surface area (Å²) < 4.78 is 0. The van der Waals surface area contributed by atoms with E-state index in [2.05, 4.69) is 68.2 Å². The number of likely N-dealkylation sites (N-methyl/N-ethyl adjacent to an activating group) is 1. The fraction of sp³-hybridized carbons (Fsp3) is 0.250. The van der Waals surface area contributed by atoms with Gasteiger partial charge in [-0.1, -0.05) is 23.7 Å². The first-order chi connectivity index (χ1) is 14.1. The lowest BCUT2D eigenvalue weighted by Crippen LogP contribution is -2.42. The number of amides is 1. The Hall–Kier alpha value is -2.50. The van der Waals surface area contributed by atoms with E-state index in [4.69, 9.17) is 11.6 Å². The third kappa shape index (κ3) is 3.92. The van der Waals surface area contributed by atoms with Crippen molar-refractivity contribution in [1.82, 2.24) is 5.32 Å². The molecule has 2 aliphatic heterocycles. The maximum Gasteiger partial charge on any atom is 0.264 e. The van der Waals surface area contributed by atoms with Gasteiger partial charge < -0.3 is 10.2 Å². The van der Waals surface area contributed by atoms with E-state index >= 15 is 0 Å². The number of nitrogens with zero attached hydrogens (tertiary/aromatic N) is 2. The smallest absolute Gasteiger partial charge is 0.264 e. The third-order valence-corrected chi connectivity index (χ3v) is 6.73. The van der Waals surface area contributed by atoms with Crippen LogP contribution in [0, 0.1) is 6.92 Å². The van der Waals surface area contributed by atoms with Gasteiger partial charge in [0, 0.05) is 23.3 Å². The Bertz CT molecular complexity index is 1150. The Labute approximate surface area is 186 Å². The number of hydrogen-bond acceptors (Lipinski definition) is 4. The van der Waals surface area contributed by atoms with Crippen LogP contribution in [0.15, 0.2) is 52.4 Å². The molecule has 0 saturated carbocycles. The van der Waals surface area contributed by atoms with Crippen LogP contribution >= 0.6 is 23.4 Å². The third-order valence-electron chi connectivity index (χ3n) is 5.58. The molecular formula is C24H24ClN3OS. The van der Waals surface area contributed by atoms with Crippen LogP contribution in [-0.4, -0.2) is 23.7 Å². The van der Waals surface area contributed by atoms with Crippen LogP contribution in [0.5, 0.6) is 0 Å². The summed E-state index contributed by atoms with van der Waals surface area (Å²) in [5.74, 6) is -0.136. The minimum atomic E-state index is -0.136. The molecule has 0 aliphatic carbocycles. The van der Waals surface area contributed by atoms with Crippen molar-refractivity contribution in [3.63, 3.8) is 0 Å². The predicted molar refractivity (Wildman–Crippen MR) is 130 cm³/mol. The molecule has 0 spiro atoms. The Kier molecular flexibility index (Phi) is 5.28. The van der Waals surface area contributed by atoms with Gasteiger partial charge in [0.1, 0.15) is 0 Å². The zero-order chi connectivity index (χ0) is 21.6. The highest BCUT2D eigenvalue weighted by molar-refractivity contribution is 8.18. The molecule has 30 heavy (non-hydrogen) atoms. The van der Waals surface area contributed by atoms with Crippen molar-refractivity contribution >= 4 is 57.5 Å². The minimum Gasteiger partial charge on any atom is -0.365 e. The average Bonchev–Trinajstić information content (AvgIpc) is 2.99. The van der Waals surface area contributed by atoms with Gasteiger partial charge in [-0.3, -0.25) is 4.79 Å². The number of anilines is 1. The maximum atomic E-state index is 12.5. The highest BCUT2D eigenvalue weighted by Gasteiger charge is 2.29. The van der Waals surface area contributed by atoms with Crippen molar-refractivity contribution in [2.75, 3.05) is 11.9 Å². The second-order valence-electron chi connectivity index (χ2n) is 8.23. The van der Waals surface area contributed by atoms with Crippen LogP contribution in [0.25, 0.3) is 11.6 Å². The van der Waals surface area contributed by atoms with E-state index in [1.165, 1.54) is 28.6 Å². The molecule has 0 unspecified atom stereocenters. The van der Waals surface area contributed by atoms with E-state index < -0.39 is 0 Å². The van der Waals surface area contributed by atoms with Gasteiger partial charge in [-0.2, -0.15) is 0 Å². The predicted octanol–water partition coefficient (Wildman–Crippen LogP) is 6.17. The van der Waals surface area contributed by atoms with E-state index in [0.29, 0.717) is 20.8 Å². The number of benzene rings is 2. The molecule has 4 rings (SSSR count). The second kappa shape index (κ2) is 7.64. The number of carbonyl (C=O) groups excluding carboxylic acids is 1. The van der Waals surface area contributed by atoms with Gasteiger partial charge in [-0.15, -0.1) is 0 Å². The van der Waals surface area contributed by atoms with Crippen molar-refractivity contribution in [2.24, 2.45) is 4.99 Å². The standard InChI is InChI=1S/C24H24ClN3OS/c1-14-9-20-19(15(2)13-24(3,4)28(20)5)10-16(14)11-21-22(29)27-23(30-21)26-18-8-6-7-17(25)12-18/h6-13H,1-5H3,(H,26,27,29)/b21-11-. The van der Waals surface area contributed by atoms with Crippen LogP contribution in [0.1, 0.15) is 37.5 Å². The van der Waals surface area contributed by atoms with Gasteiger partial charge in [0.25, 0.3) is 5.91 Å². The largest absolute Gasteiger partial charge is 0.365 e. The number of halogens is 1. The van der Waals surface area contributed by atoms with Crippen LogP contribution < -0.4 is 10.2 Å². The molecule has 2 aliphatic rings. The Morgan fingerprint density at radius 1 is 1.20 bits per heavy atom. The van der Waals surface area contributed by atoms with Gasteiger partial charge in [0.2, 0.25) is 0 Å². The number of rotatable bonds is 2. The lowest BCUT2D eigenvalue weighted by molar-refractivity contribution is -0.115. The molecule has 0 bridgehead atoms. The second-order valence-corrected chi connectivity index (χ2v) is 9.69. The van der Waals surface area contributed by atoms with Gasteiger partial charge in [0.05, 0.1) is 16.1 Å². The Morgan fingerprint density at radius 2 is 1.97 bits per heavy atom. The van der Waals surface area contributed by atoms with Gasteiger partial charge in [-0.05, 0) is 92.6 Å². The number of carbonyl (C=O) groups is 1. The fourth-order valence-corrected chi connectivity index (χ4v) is 4.78. The van der Waals surface area contributed by atoms with Gasteiger partial charge in [-0.25, -0.2) is 4.99 Å². The van der Waals surface area contributed by atoms with Crippen molar-refractivity contribution in [2.45, 2.75) is 33.2 Å². The molecule has 4 nitrogen and oxygen atoms in total. The fourth-order valence-electron chi connectivity index (χ4n) is 3.76. The summed E-state index contributed by atoms with van der Waals surface area (Å²) in [6.07, 6.45) is 4.23. The highest BCUT2D eigenvalue weighted by atomic mass is 35.5. The molecule has 154 valence electrons. The normalized spacial score (nSPS) is 20.4. The summed E-state index contributed by atoms with van der Waals surface area (Å²) in [6, 6.07) is 11.6. The van der Waals surface area contributed by atoms with Crippen LogP contribution in [0.4, 0.5) is 11.4 Å². The first-order valence-electron chi connectivity index (χ1n) is 9.77. The Balaban J connectivity index is 1.67. The molecule has 2 heterocycles. The topological polar surface area (TPSA) is 44.7 Å². The lowest BCUT2D eigenvalue weighted by atomic mass is 9.87. The van der Waals surface area contributed by atoms with Crippen LogP contribution in [0.2, 0.25) is 5.02 Å². The summed E-state index contributed by atoms with van der Waals surface area (Å²) in [5, 5.41) is 4.01. The van der Waals surface area contributed by atoms with E-state index in [1.807, 2.05) is 18.2 Å². The summed E-state index contributed by atoms with van der Waals surface area (Å²) >= 11 is 7.37.